The van der Waals surface area contributed by atoms with Gasteiger partial charge in [-0.3, -0.25) is 4.79 Å². The maximum atomic E-state index is 12.8. The van der Waals surface area contributed by atoms with Gasteiger partial charge in [-0.2, -0.15) is 0 Å². The van der Waals surface area contributed by atoms with Crippen molar-refractivity contribution in [1.29, 1.82) is 0 Å². The third-order valence-corrected chi connectivity index (χ3v) is 8.23. The highest BCUT2D eigenvalue weighted by molar-refractivity contribution is 8.00. The number of benzene rings is 1. The van der Waals surface area contributed by atoms with Crippen LogP contribution in [0.25, 0.3) is 10.2 Å². The number of carbonyl (C=O) groups excluding carboxylic acids is 1. The molecule has 1 aromatic carbocycles. The Morgan fingerprint density at radius 1 is 1.22 bits per heavy atom. The van der Waals surface area contributed by atoms with Gasteiger partial charge in [0.25, 0.3) is 0 Å². The molecule has 168 valence electrons. The molecule has 0 saturated heterocycles. The molecule has 3 aromatic rings. The lowest BCUT2D eigenvalue weighted by molar-refractivity contribution is -0.113. The minimum atomic E-state index is -0.0871. The number of amides is 1. The van der Waals surface area contributed by atoms with Crippen LogP contribution in [0.3, 0.4) is 0 Å². The summed E-state index contributed by atoms with van der Waals surface area (Å²) < 4.78 is 10.6. The van der Waals surface area contributed by atoms with Crippen molar-refractivity contribution in [2.45, 2.75) is 50.0 Å². The van der Waals surface area contributed by atoms with Gasteiger partial charge in [0, 0.05) is 22.2 Å². The number of methoxy groups -OCH3 is 2. The summed E-state index contributed by atoms with van der Waals surface area (Å²) in [5.41, 5.74) is 2.04. The third kappa shape index (κ3) is 4.30. The molecule has 1 saturated carbocycles. The molecule has 2 aromatic heterocycles. The van der Waals surface area contributed by atoms with Gasteiger partial charge in [-0.05, 0) is 55.7 Å². The number of aryl methyl sites for hydroxylation is 1. The highest BCUT2D eigenvalue weighted by Crippen LogP contribution is 2.44. The van der Waals surface area contributed by atoms with Crippen LogP contribution >= 0.6 is 23.1 Å². The molecule has 6 nitrogen and oxygen atoms in total. The van der Waals surface area contributed by atoms with Crippen molar-refractivity contribution in [3.63, 3.8) is 0 Å². The largest absolute Gasteiger partial charge is 0.497 e. The van der Waals surface area contributed by atoms with E-state index in [1.165, 1.54) is 34.0 Å². The minimum Gasteiger partial charge on any atom is -0.497 e. The predicted octanol–water partition coefficient (Wildman–Crippen LogP) is 5.44. The predicted molar refractivity (Wildman–Crippen MR) is 129 cm³/mol. The number of nitrogens with zero attached hydrogens (tertiary/aromatic N) is 2. The van der Waals surface area contributed by atoms with E-state index < -0.39 is 0 Å². The van der Waals surface area contributed by atoms with Crippen molar-refractivity contribution < 1.29 is 14.3 Å². The van der Waals surface area contributed by atoms with Crippen LogP contribution in [0.4, 0.5) is 5.69 Å². The van der Waals surface area contributed by atoms with Gasteiger partial charge in [-0.25, -0.2) is 9.97 Å². The Balaban J connectivity index is 1.38. The number of anilines is 1. The molecule has 2 aliphatic carbocycles. The SMILES string of the molecule is COc1ccc(NC(=O)CSc2nc(C3CC3)nc3sc4c(c23)CCC(C)C4)c(OC)c1. The van der Waals surface area contributed by atoms with Gasteiger partial charge in [0.2, 0.25) is 5.91 Å². The number of hydrogen-bond donors (Lipinski definition) is 1. The number of rotatable bonds is 7. The van der Waals surface area contributed by atoms with E-state index in [0.717, 1.165) is 41.4 Å². The summed E-state index contributed by atoms with van der Waals surface area (Å²) in [5.74, 6) is 3.60. The second kappa shape index (κ2) is 8.90. The van der Waals surface area contributed by atoms with Crippen LogP contribution in [0, 0.1) is 5.92 Å². The molecule has 1 unspecified atom stereocenters. The molecule has 2 aliphatic rings. The summed E-state index contributed by atoms with van der Waals surface area (Å²) in [6.45, 7) is 2.32. The van der Waals surface area contributed by atoms with Crippen molar-refractivity contribution in [2.75, 3.05) is 25.3 Å². The smallest absolute Gasteiger partial charge is 0.234 e. The highest BCUT2D eigenvalue weighted by atomic mass is 32.2. The van der Waals surface area contributed by atoms with E-state index in [4.69, 9.17) is 19.4 Å². The molecule has 1 fully saturated rings. The molecule has 32 heavy (non-hydrogen) atoms. The number of carbonyl (C=O) groups is 1. The van der Waals surface area contributed by atoms with E-state index in [9.17, 15) is 4.79 Å². The molecule has 0 aliphatic heterocycles. The molecule has 8 heteroatoms. The quantitative estimate of drug-likeness (QED) is 0.367. The number of aromatic nitrogens is 2. The van der Waals surface area contributed by atoms with Gasteiger partial charge < -0.3 is 14.8 Å². The molecule has 1 N–H and O–H groups in total. The van der Waals surface area contributed by atoms with Gasteiger partial charge in [-0.15, -0.1) is 11.3 Å². The van der Waals surface area contributed by atoms with Gasteiger partial charge in [0.1, 0.15) is 27.2 Å². The molecule has 0 radical (unpaired) electrons. The fourth-order valence-electron chi connectivity index (χ4n) is 4.18. The molecule has 1 amide bonds. The van der Waals surface area contributed by atoms with Crippen LogP contribution in [0.2, 0.25) is 0 Å². The Hall–Kier alpha value is -2.32. The van der Waals surface area contributed by atoms with Crippen LogP contribution in [0.1, 0.15) is 48.4 Å². The zero-order chi connectivity index (χ0) is 22.2. The van der Waals surface area contributed by atoms with E-state index in [-0.39, 0.29) is 11.7 Å². The van der Waals surface area contributed by atoms with E-state index in [0.29, 0.717) is 29.0 Å². The van der Waals surface area contributed by atoms with Crippen LogP contribution < -0.4 is 14.8 Å². The normalized spacial score (nSPS) is 17.8. The van der Waals surface area contributed by atoms with Crippen LogP contribution in [0.5, 0.6) is 11.5 Å². The lowest BCUT2D eigenvalue weighted by Gasteiger charge is -2.18. The zero-order valence-corrected chi connectivity index (χ0v) is 20.2. The van der Waals surface area contributed by atoms with Crippen LogP contribution in [0.15, 0.2) is 23.2 Å². The Bertz CT molecular complexity index is 1170. The fraction of sp³-hybridized carbons (Fsp3) is 0.458. The van der Waals surface area contributed by atoms with Crippen molar-refractivity contribution in [3.8, 4) is 11.5 Å². The molecule has 1 atom stereocenters. The van der Waals surface area contributed by atoms with Crippen molar-refractivity contribution in [1.82, 2.24) is 9.97 Å². The lowest BCUT2D eigenvalue weighted by atomic mass is 9.89. The van der Waals surface area contributed by atoms with Crippen molar-refractivity contribution >= 4 is 44.9 Å². The van der Waals surface area contributed by atoms with E-state index in [1.54, 1.807) is 32.4 Å². The Labute approximate surface area is 196 Å². The number of ether oxygens (including phenoxy) is 2. The monoisotopic (exact) mass is 469 g/mol. The number of fused-ring (bicyclic) bond motifs is 3. The number of thiophene rings is 1. The topological polar surface area (TPSA) is 73.3 Å². The molecule has 2 heterocycles. The average Bonchev–Trinajstić information content (AvgIpc) is 3.58. The Kier molecular flexibility index (Phi) is 5.99. The summed E-state index contributed by atoms with van der Waals surface area (Å²) in [6.07, 6.45) is 5.72. The summed E-state index contributed by atoms with van der Waals surface area (Å²) in [5, 5.41) is 5.10. The van der Waals surface area contributed by atoms with Gasteiger partial charge >= 0.3 is 0 Å². The first-order valence-corrected chi connectivity index (χ1v) is 12.8. The molecule has 0 bridgehead atoms. The molecular weight excluding hydrogens is 442 g/mol. The maximum Gasteiger partial charge on any atom is 0.234 e. The zero-order valence-electron chi connectivity index (χ0n) is 18.6. The Morgan fingerprint density at radius 3 is 2.81 bits per heavy atom. The summed E-state index contributed by atoms with van der Waals surface area (Å²) in [7, 11) is 3.18. The number of hydrogen-bond acceptors (Lipinski definition) is 7. The van der Waals surface area contributed by atoms with Gasteiger partial charge in [-0.1, -0.05) is 18.7 Å². The van der Waals surface area contributed by atoms with Crippen molar-refractivity contribution in [2.24, 2.45) is 5.92 Å². The minimum absolute atomic E-state index is 0.0871. The first kappa shape index (κ1) is 21.5. The fourth-order valence-corrected chi connectivity index (χ4v) is 6.49. The number of thioether (sulfide) groups is 1. The number of nitrogens with one attached hydrogen (secondary N) is 1. The van der Waals surface area contributed by atoms with Gasteiger partial charge in [0.15, 0.2) is 0 Å². The standard InChI is InChI=1S/C24H27N3O3S2/c1-13-4-8-16-19(10-13)32-24-21(16)23(26-22(27-24)14-5-6-14)31-12-20(28)25-17-9-7-15(29-2)11-18(17)30-3/h7,9,11,13-14H,4-6,8,10,12H2,1-3H3,(H,25,28). The summed E-state index contributed by atoms with van der Waals surface area (Å²) in [6, 6.07) is 5.36. The summed E-state index contributed by atoms with van der Waals surface area (Å²) >= 11 is 3.34. The Morgan fingerprint density at radius 2 is 2.06 bits per heavy atom. The highest BCUT2D eigenvalue weighted by Gasteiger charge is 2.30. The van der Waals surface area contributed by atoms with E-state index >= 15 is 0 Å². The second-order valence-corrected chi connectivity index (χ2v) is 10.6. The summed E-state index contributed by atoms with van der Waals surface area (Å²) in [4.78, 5) is 25.2. The first-order valence-electron chi connectivity index (χ1n) is 11.0. The molecule has 5 rings (SSSR count). The van der Waals surface area contributed by atoms with Crippen molar-refractivity contribution in [3.05, 3.63) is 34.5 Å². The van der Waals surface area contributed by atoms with E-state index in [2.05, 4.69) is 12.2 Å². The molecule has 0 spiro atoms. The van der Waals surface area contributed by atoms with Gasteiger partial charge in [0.05, 0.1) is 25.7 Å². The average molecular weight is 470 g/mol. The first-order chi connectivity index (χ1) is 15.6. The van der Waals surface area contributed by atoms with E-state index in [1.807, 2.05) is 11.3 Å². The second-order valence-electron chi connectivity index (χ2n) is 8.60. The maximum absolute atomic E-state index is 12.8. The van der Waals surface area contributed by atoms with Crippen LogP contribution in [-0.4, -0.2) is 35.8 Å². The third-order valence-electron chi connectivity index (χ3n) is 6.10. The molecular formula is C24H27N3O3S2. The lowest BCUT2D eigenvalue weighted by Crippen LogP contribution is -2.15. The van der Waals surface area contributed by atoms with Crippen LogP contribution in [-0.2, 0) is 17.6 Å².